The third-order valence-electron chi connectivity index (χ3n) is 4.60. The highest BCUT2D eigenvalue weighted by molar-refractivity contribution is 5.92. The Kier molecular flexibility index (Phi) is 5.73. The first-order chi connectivity index (χ1) is 12.2. The Morgan fingerprint density at radius 3 is 2.76 bits per heavy atom. The number of hydrogen-bond acceptors (Lipinski definition) is 4. The second kappa shape index (κ2) is 8.18. The Bertz CT molecular complexity index is 694. The van der Waals surface area contributed by atoms with Crippen molar-refractivity contribution in [2.75, 3.05) is 19.7 Å². The van der Waals surface area contributed by atoms with E-state index in [0.29, 0.717) is 6.54 Å². The summed E-state index contributed by atoms with van der Waals surface area (Å²) in [5.74, 6) is -0.807. The lowest BCUT2D eigenvalue weighted by atomic mass is 9.91. The summed E-state index contributed by atoms with van der Waals surface area (Å²) < 4.78 is 12.9. The van der Waals surface area contributed by atoms with Crippen molar-refractivity contribution < 1.29 is 14.3 Å². The van der Waals surface area contributed by atoms with Gasteiger partial charge in [-0.3, -0.25) is 9.69 Å². The zero-order chi connectivity index (χ0) is 17.6. The molecule has 3 rings (SSSR count). The number of nitrogens with one attached hydrogen (secondary N) is 1. The molecule has 2 aromatic rings. The van der Waals surface area contributed by atoms with Crippen LogP contribution in [0.3, 0.4) is 0 Å². The minimum atomic E-state index is -0.475. The fourth-order valence-corrected chi connectivity index (χ4v) is 3.19. The highest BCUT2D eigenvalue weighted by atomic mass is 19.1. The molecule has 25 heavy (non-hydrogen) atoms. The first-order valence-corrected chi connectivity index (χ1v) is 8.45. The second-order valence-corrected chi connectivity index (χ2v) is 6.39. The fourth-order valence-electron chi connectivity index (χ4n) is 3.19. The first-order valence-electron chi connectivity index (χ1n) is 8.45. The summed E-state index contributed by atoms with van der Waals surface area (Å²) in [5.41, 5.74) is 1.40. The molecular weight excluding hydrogens is 321 g/mol. The van der Waals surface area contributed by atoms with Gasteiger partial charge in [-0.1, -0.05) is 30.3 Å². The molecule has 132 valence electrons. The minimum absolute atomic E-state index is 0.0106. The number of pyridine rings is 1. The van der Waals surface area contributed by atoms with Gasteiger partial charge < -0.3 is 10.4 Å². The number of rotatable bonds is 5. The zero-order valence-corrected chi connectivity index (χ0v) is 13.9. The van der Waals surface area contributed by atoms with Crippen molar-refractivity contribution in [2.24, 2.45) is 5.92 Å². The Morgan fingerprint density at radius 1 is 1.28 bits per heavy atom. The van der Waals surface area contributed by atoms with Crippen molar-refractivity contribution >= 4 is 5.91 Å². The molecule has 0 radical (unpaired) electrons. The zero-order valence-electron chi connectivity index (χ0n) is 13.9. The molecule has 1 aliphatic heterocycles. The molecule has 1 aromatic carbocycles. The van der Waals surface area contributed by atoms with Gasteiger partial charge in [0.2, 0.25) is 0 Å². The molecule has 1 saturated heterocycles. The quantitative estimate of drug-likeness (QED) is 0.869. The van der Waals surface area contributed by atoms with Gasteiger partial charge in [-0.2, -0.15) is 0 Å². The molecule has 0 bridgehead atoms. The van der Waals surface area contributed by atoms with Gasteiger partial charge in [-0.25, -0.2) is 9.37 Å². The molecule has 0 saturated carbocycles. The number of benzene rings is 1. The van der Waals surface area contributed by atoms with E-state index in [-0.39, 0.29) is 30.2 Å². The van der Waals surface area contributed by atoms with E-state index >= 15 is 0 Å². The maximum Gasteiger partial charge on any atom is 0.270 e. The van der Waals surface area contributed by atoms with E-state index in [1.807, 2.05) is 18.2 Å². The van der Waals surface area contributed by atoms with E-state index < -0.39 is 5.82 Å². The summed E-state index contributed by atoms with van der Waals surface area (Å²) in [7, 11) is 0. The Balaban J connectivity index is 1.64. The van der Waals surface area contributed by atoms with Gasteiger partial charge in [-0.05, 0) is 30.7 Å². The van der Waals surface area contributed by atoms with Crippen LogP contribution in [0.25, 0.3) is 0 Å². The van der Waals surface area contributed by atoms with Crippen LogP contribution in [-0.4, -0.2) is 46.6 Å². The van der Waals surface area contributed by atoms with Crippen LogP contribution in [0.15, 0.2) is 48.7 Å². The topological polar surface area (TPSA) is 65.5 Å². The van der Waals surface area contributed by atoms with Crippen molar-refractivity contribution in [3.8, 4) is 0 Å². The number of aliphatic hydroxyl groups excluding tert-OH is 1. The minimum Gasteiger partial charge on any atom is -0.396 e. The number of amides is 1. The number of aromatic nitrogens is 1. The van der Waals surface area contributed by atoms with E-state index in [2.05, 4.69) is 27.3 Å². The smallest absolute Gasteiger partial charge is 0.270 e. The van der Waals surface area contributed by atoms with Crippen molar-refractivity contribution in [2.45, 2.75) is 19.0 Å². The van der Waals surface area contributed by atoms with Gasteiger partial charge in [0, 0.05) is 31.7 Å². The third-order valence-corrected chi connectivity index (χ3v) is 4.60. The Morgan fingerprint density at radius 2 is 2.08 bits per heavy atom. The van der Waals surface area contributed by atoms with Crippen LogP contribution in [-0.2, 0) is 6.54 Å². The summed E-state index contributed by atoms with van der Waals surface area (Å²) in [6, 6.07) is 12.6. The number of halogens is 1. The molecule has 1 aromatic heterocycles. The van der Waals surface area contributed by atoms with E-state index in [1.165, 1.54) is 17.7 Å². The predicted octanol–water partition coefficient (Wildman–Crippen LogP) is 1.83. The number of aliphatic hydroxyl groups is 1. The number of hydrogen-bond donors (Lipinski definition) is 2. The molecule has 6 heteroatoms. The summed E-state index contributed by atoms with van der Waals surface area (Å²) in [6.07, 6.45) is 1.84. The number of likely N-dealkylation sites (tertiary alicyclic amines) is 1. The molecule has 1 aliphatic rings. The Hall–Kier alpha value is -2.31. The molecule has 2 N–H and O–H groups in total. The van der Waals surface area contributed by atoms with Gasteiger partial charge in [0.05, 0.1) is 6.20 Å². The molecular formula is C19H22FN3O2. The largest absolute Gasteiger partial charge is 0.396 e. The van der Waals surface area contributed by atoms with Crippen LogP contribution in [0.1, 0.15) is 22.5 Å². The SMILES string of the molecule is O=C(N[C@@H]1CN(Cc2ccccc2)CC[C@@H]1CO)c1ccc(F)cn1. The molecule has 0 unspecified atom stereocenters. The normalized spacial score (nSPS) is 21.0. The van der Waals surface area contributed by atoms with Crippen LogP contribution >= 0.6 is 0 Å². The van der Waals surface area contributed by atoms with Crippen molar-refractivity contribution in [3.63, 3.8) is 0 Å². The standard InChI is InChI=1S/C19H22FN3O2/c20-16-6-7-17(21-10-16)19(25)22-18-12-23(9-8-15(18)13-24)11-14-4-2-1-3-5-14/h1-7,10,15,18,24H,8-9,11-13H2,(H,22,25)/t15-,18-/m1/s1. The predicted molar refractivity (Wildman–Crippen MR) is 92.4 cm³/mol. The molecule has 0 aliphatic carbocycles. The van der Waals surface area contributed by atoms with Crippen molar-refractivity contribution in [1.29, 1.82) is 0 Å². The Labute approximate surface area is 146 Å². The lowest BCUT2D eigenvalue weighted by Crippen LogP contribution is -2.53. The monoisotopic (exact) mass is 343 g/mol. The number of piperidine rings is 1. The molecule has 1 amide bonds. The molecule has 2 heterocycles. The highest BCUT2D eigenvalue weighted by Gasteiger charge is 2.30. The molecule has 1 fully saturated rings. The fraction of sp³-hybridized carbons (Fsp3) is 0.368. The van der Waals surface area contributed by atoms with Crippen LogP contribution in [0.2, 0.25) is 0 Å². The number of carbonyl (C=O) groups excluding carboxylic acids is 1. The number of nitrogens with zero attached hydrogens (tertiary/aromatic N) is 2. The maximum absolute atomic E-state index is 12.9. The summed E-state index contributed by atoms with van der Waals surface area (Å²) in [6.45, 7) is 2.37. The van der Waals surface area contributed by atoms with Gasteiger partial charge in [0.15, 0.2) is 0 Å². The highest BCUT2D eigenvalue weighted by Crippen LogP contribution is 2.20. The van der Waals surface area contributed by atoms with Crippen LogP contribution in [0.4, 0.5) is 4.39 Å². The van der Waals surface area contributed by atoms with Crippen LogP contribution < -0.4 is 5.32 Å². The molecule has 0 spiro atoms. The second-order valence-electron chi connectivity index (χ2n) is 6.39. The third kappa shape index (κ3) is 4.61. The van der Waals surface area contributed by atoms with Crippen LogP contribution in [0.5, 0.6) is 0 Å². The van der Waals surface area contributed by atoms with E-state index in [1.54, 1.807) is 0 Å². The van der Waals surface area contributed by atoms with Gasteiger partial charge >= 0.3 is 0 Å². The lowest BCUT2D eigenvalue weighted by Gasteiger charge is -2.38. The van der Waals surface area contributed by atoms with Gasteiger partial charge in [0.25, 0.3) is 5.91 Å². The van der Waals surface area contributed by atoms with Crippen molar-refractivity contribution in [1.82, 2.24) is 15.2 Å². The van der Waals surface area contributed by atoms with Crippen molar-refractivity contribution in [3.05, 3.63) is 65.7 Å². The van der Waals surface area contributed by atoms with Crippen LogP contribution in [0, 0.1) is 11.7 Å². The first kappa shape index (κ1) is 17.5. The summed E-state index contributed by atoms with van der Waals surface area (Å²) in [4.78, 5) is 18.4. The molecule has 2 atom stereocenters. The van der Waals surface area contributed by atoms with E-state index in [9.17, 15) is 14.3 Å². The molecule has 5 nitrogen and oxygen atoms in total. The average molecular weight is 343 g/mol. The van der Waals surface area contributed by atoms with E-state index in [0.717, 1.165) is 25.7 Å². The average Bonchev–Trinajstić information content (AvgIpc) is 2.63. The van der Waals surface area contributed by atoms with E-state index in [4.69, 9.17) is 0 Å². The number of carbonyl (C=O) groups is 1. The lowest BCUT2D eigenvalue weighted by molar-refractivity contribution is 0.0727. The summed E-state index contributed by atoms with van der Waals surface area (Å²) in [5, 5.41) is 12.6. The van der Waals surface area contributed by atoms with Gasteiger partial charge in [-0.15, -0.1) is 0 Å². The van der Waals surface area contributed by atoms with Gasteiger partial charge in [0.1, 0.15) is 11.5 Å². The summed E-state index contributed by atoms with van der Waals surface area (Å²) >= 11 is 0. The maximum atomic E-state index is 12.9.